The van der Waals surface area contributed by atoms with Gasteiger partial charge in [-0.25, -0.2) is 0 Å². The van der Waals surface area contributed by atoms with Crippen LogP contribution in [0.4, 0.5) is 11.4 Å². The molecule has 0 atom stereocenters. The van der Waals surface area contributed by atoms with E-state index in [-0.39, 0.29) is 24.4 Å². The number of hydrogen-bond donors (Lipinski definition) is 3. The third kappa shape index (κ3) is 5.83. The van der Waals surface area contributed by atoms with Gasteiger partial charge in [0.1, 0.15) is 0 Å². The minimum absolute atomic E-state index is 0.0707. The van der Waals surface area contributed by atoms with Crippen LogP contribution in [0.2, 0.25) is 0 Å². The van der Waals surface area contributed by atoms with Gasteiger partial charge in [-0.3, -0.25) is 9.59 Å². The number of hydrogen-bond acceptors (Lipinski definition) is 3. The lowest BCUT2D eigenvalue weighted by atomic mass is 9.95. The summed E-state index contributed by atoms with van der Waals surface area (Å²) in [7, 11) is 0. The molecule has 2 aromatic carbocycles. The molecule has 2 aromatic rings. The minimum Gasteiger partial charge on any atom is -0.376 e. The van der Waals surface area contributed by atoms with Crippen molar-refractivity contribution < 1.29 is 9.59 Å². The standard InChI is InChI=1S/C24H31N3O2/c1-3-18-10-7-9-17(2)23(18)25-16-22(28)26-21-14-8-11-19(15-21)24(29)27-20-12-5-4-6-13-20/h7-11,14-15,20,25H,3-6,12-13,16H2,1-2H3,(H,26,28)(H,27,29). The molecule has 3 N–H and O–H groups in total. The van der Waals surface area contributed by atoms with Gasteiger partial charge < -0.3 is 16.0 Å². The van der Waals surface area contributed by atoms with Gasteiger partial charge in [-0.05, 0) is 55.5 Å². The molecule has 0 spiro atoms. The zero-order valence-corrected chi connectivity index (χ0v) is 17.4. The van der Waals surface area contributed by atoms with E-state index in [0.717, 1.165) is 30.5 Å². The van der Waals surface area contributed by atoms with Crippen molar-refractivity contribution in [2.24, 2.45) is 0 Å². The average Bonchev–Trinajstić information content (AvgIpc) is 2.73. The van der Waals surface area contributed by atoms with Crippen molar-refractivity contribution in [2.45, 2.75) is 58.4 Å². The number of carbonyl (C=O) groups excluding carboxylic acids is 2. The Labute approximate surface area is 173 Å². The molecule has 29 heavy (non-hydrogen) atoms. The molecule has 1 fully saturated rings. The van der Waals surface area contributed by atoms with E-state index >= 15 is 0 Å². The Morgan fingerprint density at radius 3 is 2.55 bits per heavy atom. The van der Waals surface area contributed by atoms with Gasteiger partial charge in [0.15, 0.2) is 0 Å². The SMILES string of the molecule is CCc1cccc(C)c1NCC(=O)Nc1cccc(C(=O)NC2CCCCC2)c1. The van der Waals surface area contributed by atoms with E-state index in [4.69, 9.17) is 0 Å². The third-order valence-electron chi connectivity index (χ3n) is 5.51. The van der Waals surface area contributed by atoms with E-state index in [2.05, 4.69) is 28.9 Å². The first-order chi connectivity index (χ1) is 14.1. The number of benzene rings is 2. The smallest absolute Gasteiger partial charge is 0.251 e. The van der Waals surface area contributed by atoms with Crippen LogP contribution in [0, 0.1) is 6.92 Å². The Bertz CT molecular complexity index is 857. The molecule has 0 radical (unpaired) electrons. The molecule has 0 aliphatic heterocycles. The topological polar surface area (TPSA) is 70.2 Å². The van der Waals surface area contributed by atoms with Crippen LogP contribution in [-0.4, -0.2) is 24.4 Å². The first kappa shape index (κ1) is 20.9. The molecule has 5 nitrogen and oxygen atoms in total. The van der Waals surface area contributed by atoms with Gasteiger partial charge in [-0.2, -0.15) is 0 Å². The van der Waals surface area contributed by atoms with E-state index in [0.29, 0.717) is 11.3 Å². The van der Waals surface area contributed by atoms with Crippen molar-refractivity contribution >= 4 is 23.2 Å². The molecule has 5 heteroatoms. The lowest BCUT2D eigenvalue weighted by Crippen LogP contribution is -2.36. The molecule has 0 aromatic heterocycles. The van der Waals surface area contributed by atoms with Crippen LogP contribution in [0.25, 0.3) is 0 Å². The van der Waals surface area contributed by atoms with Gasteiger partial charge in [0.25, 0.3) is 5.91 Å². The molecule has 0 heterocycles. The monoisotopic (exact) mass is 393 g/mol. The van der Waals surface area contributed by atoms with Gasteiger partial charge in [0.05, 0.1) is 6.54 Å². The molecular formula is C24H31N3O2. The largest absolute Gasteiger partial charge is 0.376 e. The first-order valence-corrected chi connectivity index (χ1v) is 10.6. The molecule has 0 unspecified atom stereocenters. The number of nitrogens with one attached hydrogen (secondary N) is 3. The zero-order valence-electron chi connectivity index (χ0n) is 17.4. The Balaban J connectivity index is 1.57. The fourth-order valence-electron chi connectivity index (χ4n) is 3.90. The summed E-state index contributed by atoms with van der Waals surface area (Å²) in [5.41, 5.74) is 4.55. The van der Waals surface area contributed by atoms with Crippen LogP contribution in [0.3, 0.4) is 0 Å². The third-order valence-corrected chi connectivity index (χ3v) is 5.51. The number of amides is 2. The fraction of sp³-hybridized carbons (Fsp3) is 0.417. The lowest BCUT2D eigenvalue weighted by molar-refractivity contribution is -0.114. The van der Waals surface area contributed by atoms with Crippen LogP contribution in [0.5, 0.6) is 0 Å². The molecule has 1 aliphatic rings. The summed E-state index contributed by atoms with van der Waals surface area (Å²) in [6.45, 7) is 4.31. The highest BCUT2D eigenvalue weighted by molar-refractivity contribution is 5.98. The van der Waals surface area contributed by atoms with E-state index in [1.165, 1.54) is 24.8 Å². The van der Waals surface area contributed by atoms with Gasteiger partial charge in [-0.1, -0.05) is 50.5 Å². The normalized spacial score (nSPS) is 14.3. The van der Waals surface area contributed by atoms with Crippen LogP contribution in [0.15, 0.2) is 42.5 Å². The number of carbonyl (C=O) groups is 2. The molecule has 2 amide bonds. The second kappa shape index (κ2) is 10.1. The predicted octanol–water partition coefficient (Wildman–Crippen LogP) is 4.67. The fourth-order valence-corrected chi connectivity index (χ4v) is 3.90. The predicted molar refractivity (Wildman–Crippen MR) is 118 cm³/mol. The van der Waals surface area contributed by atoms with Crippen LogP contribution in [0.1, 0.15) is 60.5 Å². The molecule has 0 saturated heterocycles. The summed E-state index contributed by atoms with van der Waals surface area (Å²) in [5.74, 6) is -0.209. The molecule has 0 bridgehead atoms. The Hall–Kier alpha value is -2.82. The van der Waals surface area contributed by atoms with Gasteiger partial charge in [0.2, 0.25) is 5.91 Å². The maximum Gasteiger partial charge on any atom is 0.251 e. The summed E-state index contributed by atoms with van der Waals surface area (Å²) < 4.78 is 0. The van der Waals surface area contributed by atoms with E-state index < -0.39 is 0 Å². The van der Waals surface area contributed by atoms with Crippen LogP contribution in [-0.2, 0) is 11.2 Å². The summed E-state index contributed by atoms with van der Waals surface area (Å²) in [6.07, 6.45) is 6.61. The zero-order chi connectivity index (χ0) is 20.6. The second-order valence-electron chi connectivity index (χ2n) is 7.75. The molecule has 3 rings (SSSR count). The van der Waals surface area contributed by atoms with Crippen molar-refractivity contribution in [2.75, 3.05) is 17.2 Å². The number of rotatable bonds is 7. The summed E-state index contributed by atoms with van der Waals surface area (Å²) in [4.78, 5) is 25.0. The Morgan fingerprint density at radius 2 is 1.79 bits per heavy atom. The molecule has 154 valence electrons. The van der Waals surface area contributed by atoms with Crippen molar-refractivity contribution in [1.29, 1.82) is 0 Å². The lowest BCUT2D eigenvalue weighted by Gasteiger charge is -2.22. The number of anilines is 2. The quantitative estimate of drug-likeness (QED) is 0.640. The van der Waals surface area contributed by atoms with Crippen molar-refractivity contribution in [3.8, 4) is 0 Å². The highest BCUT2D eigenvalue weighted by Gasteiger charge is 2.17. The van der Waals surface area contributed by atoms with Crippen molar-refractivity contribution in [1.82, 2.24) is 5.32 Å². The molecule has 1 saturated carbocycles. The highest BCUT2D eigenvalue weighted by atomic mass is 16.2. The molecule has 1 aliphatic carbocycles. The minimum atomic E-state index is -0.139. The average molecular weight is 394 g/mol. The Kier molecular flexibility index (Phi) is 7.28. The first-order valence-electron chi connectivity index (χ1n) is 10.6. The maximum atomic E-state index is 12.5. The summed E-state index contributed by atoms with van der Waals surface area (Å²) >= 11 is 0. The van der Waals surface area contributed by atoms with Crippen LogP contribution >= 0.6 is 0 Å². The van der Waals surface area contributed by atoms with Crippen LogP contribution < -0.4 is 16.0 Å². The van der Waals surface area contributed by atoms with Gasteiger partial charge in [-0.15, -0.1) is 0 Å². The van der Waals surface area contributed by atoms with E-state index in [9.17, 15) is 9.59 Å². The highest BCUT2D eigenvalue weighted by Crippen LogP contribution is 2.21. The van der Waals surface area contributed by atoms with Crippen molar-refractivity contribution in [3.63, 3.8) is 0 Å². The number of para-hydroxylation sites is 1. The van der Waals surface area contributed by atoms with E-state index in [1.807, 2.05) is 19.1 Å². The van der Waals surface area contributed by atoms with Gasteiger partial charge in [0, 0.05) is 23.0 Å². The van der Waals surface area contributed by atoms with Gasteiger partial charge >= 0.3 is 0 Å². The summed E-state index contributed by atoms with van der Waals surface area (Å²) in [6, 6.07) is 13.5. The van der Waals surface area contributed by atoms with Crippen molar-refractivity contribution in [3.05, 3.63) is 59.2 Å². The Morgan fingerprint density at radius 1 is 1.03 bits per heavy atom. The molecular weight excluding hydrogens is 362 g/mol. The summed E-state index contributed by atoms with van der Waals surface area (Å²) in [5, 5.41) is 9.26. The van der Waals surface area contributed by atoms with E-state index in [1.54, 1.807) is 24.3 Å². The maximum absolute atomic E-state index is 12.5. The number of aryl methyl sites for hydroxylation is 2. The second-order valence-corrected chi connectivity index (χ2v) is 7.75.